The lowest BCUT2D eigenvalue weighted by Crippen LogP contribution is -2.58. The van der Waals surface area contributed by atoms with E-state index in [1.807, 2.05) is 4.90 Å². The predicted octanol–water partition coefficient (Wildman–Crippen LogP) is 0.370. The lowest BCUT2D eigenvalue weighted by molar-refractivity contribution is -0.151. The molecule has 0 aliphatic carbocycles. The van der Waals surface area contributed by atoms with Crippen LogP contribution in [0.5, 0.6) is 0 Å². The van der Waals surface area contributed by atoms with E-state index in [0.717, 1.165) is 0 Å². The van der Waals surface area contributed by atoms with Gasteiger partial charge in [0, 0.05) is 26.2 Å². The molecule has 2 aliphatic heterocycles. The van der Waals surface area contributed by atoms with Crippen LogP contribution < -0.4 is 5.32 Å². The van der Waals surface area contributed by atoms with E-state index in [-0.39, 0.29) is 6.09 Å². The Hall–Kier alpha value is -3.04. The Kier molecular flexibility index (Phi) is 5.63. The fourth-order valence-electron chi connectivity index (χ4n) is 3.10. The van der Waals surface area contributed by atoms with E-state index in [0.29, 0.717) is 44.5 Å². The molecular weight excluding hydrogens is 356 g/mol. The molecule has 1 N–H and O–H groups in total. The van der Waals surface area contributed by atoms with Crippen molar-refractivity contribution in [1.29, 1.82) is 0 Å². The lowest BCUT2D eigenvalue weighted by atomic mass is 9.95. The van der Waals surface area contributed by atoms with E-state index in [1.54, 1.807) is 24.0 Å². The van der Waals surface area contributed by atoms with E-state index in [4.69, 9.17) is 13.9 Å². The molecule has 3 rings (SSSR count). The maximum Gasteiger partial charge on any atom is 0.409 e. The number of carbonyl (C=O) groups is 3. The number of ether oxygens (including phenoxy) is 2. The third-order valence-electron chi connectivity index (χ3n) is 4.49. The fraction of sp³-hybridized carbons (Fsp3) is 0.529. The van der Waals surface area contributed by atoms with E-state index in [9.17, 15) is 14.4 Å². The van der Waals surface area contributed by atoms with Crippen LogP contribution in [0.3, 0.4) is 0 Å². The van der Waals surface area contributed by atoms with Crippen LogP contribution in [0, 0.1) is 5.92 Å². The molecule has 0 spiro atoms. The van der Waals surface area contributed by atoms with Gasteiger partial charge in [0.1, 0.15) is 11.8 Å². The lowest BCUT2D eigenvalue weighted by Gasteiger charge is -2.38. The van der Waals surface area contributed by atoms with Crippen LogP contribution in [-0.4, -0.2) is 73.6 Å². The van der Waals surface area contributed by atoms with Gasteiger partial charge in [0.05, 0.1) is 20.0 Å². The Morgan fingerprint density at radius 2 is 2.07 bits per heavy atom. The molecule has 10 heteroatoms. The summed E-state index contributed by atoms with van der Waals surface area (Å²) >= 11 is 0. The topological polar surface area (TPSA) is 114 Å². The first kappa shape index (κ1) is 18.7. The molecule has 146 valence electrons. The fourth-order valence-corrected chi connectivity index (χ4v) is 3.10. The van der Waals surface area contributed by atoms with E-state index >= 15 is 0 Å². The van der Waals surface area contributed by atoms with Crippen LogP contribution in [0.1, 0.15) is 18.7 Å². The molecule has 2 amide bonds. The summed E-state index contributed by atoms with van der Waals surface area (Å²) in [6.45, 7) is 3.92. The summed E-state index contributed by atoms with van der Waals surface area (Å²) in [5.74, 6) is -1.54. The molecule has 27 heavy (non-hydrogen) atoms. The van der Waals surface area contributed by atoms with Crippen LogP contribution in [0.15, 0.2) is 27.8 Å². The van der Waals surface area contributed by atoms with Crippen molar-refractivity contribution in [3.63, 3.8) is 0 Å². The zero-order valence-corrected chi connectivity index (χ0v) is 15.2. The van der Waals surface area contributed by atoms with Gasteiger partial charge in [0.2, 0.25) is 11.9 Å². The second-order valence-corrected chi connectivity index (χ2v) is 6.08. The third-order valence-corrected chi connectivity index (χ3v) is 4.49. The largest absolute Gasteiger partial charge is 0.468 e. The number of furan rings is 1. The van der Waals surface area contributed by atoms with E-state index < -0.39 is 23.8 Å². The molecule has 1 aromatic rings. The van der Waals surface area contributed by atoms with Gasteiger partial charge in [-0.15, -0.1) is 0 Å². The van der Waals surface area contributed by atoms with Crippen molar-refractivity contribution in [2.75, 3.05) is 39.9 Å². The van der Waals surface area contributed by atoms with Crippen LogP contribution in [0.25, 0.3) is 0 Å². The second-order valence-electron chi connectivity index (χ2n) is 6.08. The summed E-state index contributed by atoms with van der Waals surface area (Å²) in [6.07, 6.45) is 1.11. The highest BCUT2D eigenvalue weighted by atomic mass is 16.6. The number of hydrogen-bond acceptors (Lipinski definition) is 8. The van der Waals surface area contributed by atoms with Crippen molar-refractivity contribution in [3.05, 3.63) is 24.2 Å². The molecule has 0 bridgehead atoms. The number of nitrogens with zero attached hydrogens (tertiary/aromatic N) is 3. The molecule has 1 saturated heterocycles. The normalized spacial score (nSPS) is 22.7. The number of piperazine rings is 1. The maximum atomic E-state index is 12.6. The number of amides is 2. The van der Waals surface area contributed by atoms with Gasteiger partial charge in [0.15, 0.2) is 5.92 Å². The first-order chi connectivity index (χ1) is 13.0. The number of guanidine groups is 1. The maximum absolute atomic E-state index is 12.6. The molecular formula is C17H22N4O6. The van der Waals surface area contributed by atoms with Crippen molar-refractivity contribution in [2.45, 2.75) is 13.0 Å². The van der Waals surface area contributed by atoms with E-state index in [2.05, 4.69) is 10.3 Å². The highest BCUT2D eigenvalue weighted by Gasteiger charge is 2.43. The van der Waals surface area contributed by atoms with Crippen molar-refractivity contribution in [3.8, 4) is 0 Å². The Morgan fingerprint density at radius 1 is 1.33 bits per heavy atom. The average Bonchev–Trinajstić information content (AvgIpc) is 3.22. The van der Waals surface area contributed by atoms with Crippen molar-refractivity contribution in [2.24, 2.45) is 10.9 Å². The van der Waals surface area contributed by atoms with Crippen LogP contribution in [-0.2, 0) is 19.1 Å². The first-order valence-electron chi connectivity index (χ1n) is 8.71. The molecule has 0 unspecified atom stereocenters. The summed E-state index contributed by atoms with van der Waals surface area (Å²) in [7, 11) is 1.22. The quantitative estimate of drug-likeness (QED) is 0.597. The smallest absolute Gasteiger partial charge is 0.409 e. The van der Waals surface area contributed by atoms with Gasteiger partial charge in [-0.2, -0.15) is 0 Å². The van der Waals surface area contributed by atoms with Gasteiger partial charge in [0.25, 0.3) is 0 Å². The van der Waals surface area contributed by atoms with Crippen LogP contribution in [0.2, 0.25) is 0 Å². The van der Waals surface area contributed by atoms with Crippen molar-refractivity contribution < 1.29 is 28.3 Å². The minimum atomic E-state index is -1.12. The zero-order chi connectivity index (χ0) is 19.4. The highest BCUT2D eigenvalue weighted by Crippen LogP contribution is 2.31. The number of carbonyl (C=O) groups excluding carboxylic acids is 3. The van der Waals surface area contributed by atoms with Crippen LogP contribution in [0.4, 0.5) is 4.79 Å². The predicted molar refractivity (Wildman–Crippen MR) is 92.7 cm³/mol. The number of aliphatic imine (C=N–C) groups is 1. The summed E-state index contributed by atoms with van der Waals surface area (Å²) < 4.78 is 15.1. The molecule has 0 radical (unpaired) electrons. The first-order valence-corrected chi connectivity index (χ1v) is 8.71. The highest BCUT2D eigenvalue weighted by molar-refractivity contribution is 6.08. The number of rotatable bonds is 3. The van der Waals surface area contributed by atoms with Gasteiger partial charge in [-0.25, -0.2) is 9.79 Å². The number of methoxy groups -OCH3 is 1. The standard InChI is InChI=1S/C17H22N4O6/c1-3-26-17(24)21-8-6-20(7-9-21)16-18-13(11-5-4-10-27-11)12(14(22)19-16)15(23)25-2/h4-5,10,12-13H,3,6-9H2,1-2H3,(H,18,19,22)/t12-,13-/m0/s1. The SMILES string of the molecule is CCOC(=O)N1CCN(C2=N[C@@H](c3ccco3)[C@H](C(=O)OC)C(=O)N2)CC1. The van der Waals surface area contributed by atoms with Gasteiger partial charge >= 0.3 is 12.1 Å². The molecule has 2 atom stereocenters. The molecule has 10 nitrogen and oxygen atoms in total. The third kappa shape index (κ3) is 3.88. The van der Waals surface area contributed by atoms with Gasteiger partial charge in [-0.05, 0) is 19.1 Å². The average molecular weight is 378 g/mol. The van der Waals surface area contributed by atoms with Crippen molar-refractivity contribution >= 4 is 23.9 Å². The van der Waals surface area contributed by atoms with Crippen molar-refractivity contribution in [1.82, 2.24) is 15.1 Å². The number of esters is 1. The summed E-state index contributed by atoms with van der Waals surface area (Å²) in [5, 5.41) is 2.67. The second kappa shape index (κ2) is 8.11. The Labute approximate surface area is 156 Å². The molecule has 1 aromatic heterocycles. The van der Waals surface area contributed by atoms with Crippen LogP contribution >= 0.6 is 0 Å². The monoisotopic (exact) mass is 378 g/mol. The van der Waals surface area contributed by atoms with Gasteiger partial charge in [-0.3, -0.25) is 14.9 Å². The molecule has 2 aliphatic rings. The Bertz CT molecular complexity index is 724. The molecule has 0 aromatic carbocycles. The molecule has 0 saturated carbocycles. The summed E-state index contributed by atoms with van der Waals surface area (Å²) in [6, 6.07) is 2.53. The number of nitrogens with one attached hydrogen (secondary N) is 1. The minimum absolute atomic E-state index is 0.321. The molecule has 3 heterocycles. The van der Waals surface area contributed by atoms with Gasteiger partial charge < -0.3 is 23.7 Å². The van der Waals surface area contributed by atoms with Gasteiger partial charge in [-0.1, -0.05) is 0 Å². The molecule has 1 fully saturated rings. The Morgan fingerprint density at radius 3 is 2.67 bits per heavy atom. The summed E-state index contributed by atoms with van der Waals surface area (Å²) in [4.78, 5) is 44.5. The minimum Gasteiger partial charge on any atom is -0.468 e. The van der Waals surface area contributed by atoms with E-state index in [1.165, 1.54) is 13.4 Å². The Balaban J connectivity index is 1.77. The number of hydrogen-bond donors (Lipinski definition) is 1. The zero-order valence-electron chi connectivity index (χ0n) is 15.2. The summed E-state index contributed by atoms with van der Waals surface area (Å²) in [5.41, 5.74) is 0.